The average molecular weight is 242 g/mol. The quantitative estimate of drug-likeness (QED) is 0.880. The van der Waals surface area contributed by atoms with Gasteiger partial charge in [0.05, 0.1) is 14.2 Å². The first kappa shape index (κ1) is 11.1. The number of fused-ring (bicyclic) bond motifs is 3. The Morgan fingerprint density at radius 1 is 0.833 bits per heavy atom. The highest BCUT2D eigenvalue weighted by Crippen LogP contribution is 2.45. The van der Waals surface area contributed by atoms with E-state index in [-0.39, 0.29) is 0 Å². The Labute approximate surface area is 106 Å². The summed E-state index contributed by atoms with van der Waals surface area (Å²) in [5, 5.41) is 10.4. The molecular formula is C15H14O3. The standard InChI is InChI=1S/C15H14O3/c1-17-9-3-5-11-12-6-4-10(18-2)8-14(12)15(16)13(11)7-9/h3-8,15-16H,1-2H3. The molecule has 18 heavy (non-hydrogen) atoms. The second kappa shape index (κ2) is 4.03. The smallest absolute Gasteiger partial charge is 0.119 e. The molecule has 2 aromatic rings. The molecule has 0 bridgehead atoms. The van der Waals surface area contributed by atoms with E-state index in [0.717, 1.165) is 33.8 Å². The molecule has 0 radical (unpaired) electrons. The van der Waals surface area contributed by atoms with E-state index in [2.05, 4.69) is 0 Å². The average Bonchev–Trinajstić information content (AvgIpc) is 2.71. The molecule has 0 unspecified atom stereocenters. The summed E-state index contributed by atoms with van der Waals surface area (Å²) < 4.78 is 10.4. The first-order chi connectivity index (χ1) is 8.74. The van der Waals surface area contributed by atoms with Crippen LogP contribution < -0.4 is 9.47 Å². The van der Waals surface area contributed by atoms with Crippen LogP contribution in [0, 0.1) is 0 Å². The van der Waals surface area contributed by atoms with E-state index >= 15 is 0 Å². The molecule has 1 N–H and O–H groups in total. The monoisotopic (exact) mass is 242 g/mol. The summed E-state index contributed by atoms with van der Waals surface area (Å²) in [6.07, 6.45) is -0.611. The SMILES string of the molecule is COc1ccc2c(c1)C(O)c1cc(OC)ccc1-2. The van der Waals surface area contributed by atoms with Crippen molar-refractivity contribution in [2.24, 2.45) is 0 Å². The number of methoxy groups -OCH3 is 2. The molecule has 0 saturated heterocycles. The third-order valence-electron chi connectivity index (χ3n) is 3.40. The van der Waals surface area contributed by atoms with Gasteiger partial charge in [-0.15, -0.1) is 0 Å². The van der Waals surface area contributed by atoms with Gasteiger partial charge < -0.3 is 14.6 Å². The first-order valence-electron chi connectivity index (χ1n) is 5.79. The van der Waals surface area contributed by atoms with Gasteiger partial charge in [-0.1, -0.05) is 12.1 Å². The first-order valence-corrected chi connectivity index (χ1v) is 5.79. The van der Waals surface area contributed by atoms with E-state index in [4.69, 9.17) is 9.47 Å². The fraction of sp³-hybridized carbons (Fsp3) is 0.200. The summed E-state index contributed by atoms with van der Waals surface area (Å²) in [6.45, 7) is 0. The molecule has 1 aliphatic rings. The van der Waals surface area contributed by atoms with Crippen LogP contribution in [0.15, 0.2) is 36.4 Å². The van der Waals surface area contributed by atoms with E-state index in [1.54, 1.807) is 14.2 Å². The van der Waals surface area contributed by atoms with Crippen LogP contribution in [0.25, 0.3) is 11.1 Å². The van der Waals surface area contributed by atoms with Crippen molar-refractivity contribution in [2.45, 2.75) is 6.10 Å². The van der Waals surface area contributed by atoms with Gasteiger partial charge in [0.2, 0.25) is 0 Å². The van der Waals surface area contributed by atoms with E-state index in [1.807, 2.05) is 36.4 Å². The van der Waals surface area contributed by atoms with Crippen LogP contribution in [0.5, 0.6) is 11.5 Å². The zero-order valence-electron chi connectivity index (χ0n) is 10.3. The number of aliphatic hydroxyl groups excluding tert-OH is 1. The molecule has 0 aliphatic heterocycles. The second-order valence-corrected chi connectivity index (χ2v) is 4.31. The summed E-state index contributed by atoms with van der Waals surface area (Å²) in [6, 6.07) is 11.5. The summed E-state index contributed by atoms with van der Waals surface area (Å²) in [4.78, 5) is 0. The minimum atomic E-state index is -0.611. The van der Waals surface area contributed by atoms with E-state index in [0.29, 0.717) is 0 Å². The molecule has 3 heteroatoms. The normalized spacial score (nSPS) is 13.1. The molecule has 0 amide bonds. The van der Waals surface area contributed by atoms with Crippen molar-refractivity contribution in [3.63, 3.8) is 0 Å². The molecule has 3 nitrogen and oxygen atoms in total. The third kappa shape index (κ3) is 1.48. The molecular weight excluding hydrogens is 228 g/mol. The maximum atomic E-state index is 10.4. The highest BCUT2D eigenvalue weighted by Gasteiger charge is 2.27. The third-order valence-corrected chi connectivity index (χ3v) is 3.40. The molecule has 0 aromatic heterocycles. The highest BCUT2D eigenvalue weighted by molar-refractivity contribution is 5.79. The van der Waals surface area contributed by atoms with Gasteiger partial charge in [-0.05, 0) is 46.5 Å². The number of aliphatic hydroxyl groups is 1. The maximum Gasteiger partial charge on any atom is 0.119 e. The Morgan fingerprint density at radius 3 is 1.67 bits per heavy atom. The van der Waals surface area contributed by atoms with Gasteiger partial charge in [-0.2, -0.15) is 0 Å². The van der Waals surface area contributed by atoms with Gasteiger partial charge in [-0.3, -0.25) is 0 Å². The van der Waals surface area contributed by atoms with Crippen LogP contribution >= 0.6 is 0 Å². The molecule has 0 spiro atoms. The topological polar surface area (TPSA) is 38.7 Å². The summed E-state index contributed by atoms with van der Waals surface area (Å²) in [5.41, 5.74) is 3.89. The molecule has 2 aromatic carbocycles. The van der Waals surface area contributed by atoms with E-state index < -0.39 is 6.10 Å². The van der Waals surface area contributed by atoms with Crippen molar-refractivity contribution in [3.8, 4) is 22.6 Å². The van der Waals surface area contributed by atoms with Gasteiger partial charge in [-0.25, -0.2) is 0 Å². The lowest BCUT2D eigenvalue weighted by Crippen LogP contribution is -1.95. The minimum absolute atomic E-state index is 0.611. The van der Waals surface area contributed by atoms with Crippen LogP contribution in [-0.2, 0) is 0 Å². The molecule has 0 atom stereocenters. The molecule has 0 saturated carbocycles. The summed E-state index contributed by atoms with van der Waals surface area (Å²) in [5.74, 6) is 1.51. The number of rotatable bonds is 2. The van der Waals surface area contributed by atoms with Crippen LogP contribution in [0.2, 0.25) is 0 Å². The van der Waals surface area contributed by atoms with Crippen LogP contribution in [0.4, 0.5) is 0 Å². The van der Waals surface area contributed by atoms with Crippen molar-refractivity contribution < 1.29 is 14.6 Å². The lowest BCUT2D eigenvalue weighted by atomic mass is 10.1. The van der Waals surface area contributed by atoms with Crippen LogP contribution in [0.1, 0.15) is 17.2 Å². The lowest BCUT2D eigenvalue weighted by Gasteiger charge is -2.07. The molecule has 3 rings (SSSR count). The fourth-order valence-electron chi connectivity index (χ4n) is 2.45. The Bertz CT molecular complexity index is 551. The van der Waals surface area contributed by atoms with Crippen LogP contribution in [0.3, 0.4) is 0 Å². The van der Waals surface area contributed by atoms with Crippen molar-refractivity contribution >= 4 is 0 Å². The molecule has 0 fully saturated rings. The zero-order valence-corrected chi connectivity index (χ0v) is 10.3. The molecule has 1 aliphatic carbocycles. The van der Waals surface area contributed by atoms with Crippen molar-refractivity contribution in [2.75, 3.05) is 14.2 Å². The number of ether oxygens (including phenoxy) is 2. The number of hydrogen-bond acceptors (Lipinski definition) is 3. The van der Waals surface area contributed by atoms with Gasteiger partial charge in [0, 0.05) is 0 Å². The second-order valence-electron chi connectivity index (χ2n) is 4.31. The predicted molar refractivity (Wildman–Crippen MR) is 69.0 cm³/mol. The summed E-state index contributed by atoms with van der Waals surface area (Å²) >= 11 is 0. The van der Waals surface area contributed by atoms with Gasteiger partial charge in [0.15, 0.2) is 0 Å². The van der Waals surface area contributed by atoms with Crippen molar-refractivity contribution in [1.82, 2.24) is 0 Å². The Kier molecular flexibility index (Phi) is 2.49. The van der Waals surface area contributed by atoms with Crippen molar-refractivity contribution in [3.05, 3.63) is 47.5 Å². The van der Waals surface area contributed by atoms with Gasteiger partial charge in [0.25, 0.3) is 0 Å². The number of hydrogen-bond donors (Lipinski definition) is 1. The largest absolute Gasteiger partial charge is 0.497 e. The molecule has 0 heterocycles. The van der Waals surface area contributed by atoms with Gasteiger partial charge in [0.1, 0.15) is 17.6 Å². The van der Waals surface area contributed by atoms with Gasteiger partial charge >= 0.3 is 0 Å². The number of benzene rings is 2. The van der Waals surface area contributed by atoms with E-state index in [9.17, 15) is 5.11 Å². The Morgan fingerprint density at radius 2 is 1.28 bits per heavy atom. The summed E-state index contributed by atoms with van der Waals surface area (Å²) in [7, 11) is 3.25. The minimum Gasteiger partial charge on any atom is -0.497 e. The predicted octanol–water partition coefficient (Wildman–Crippen LogP) is 2.77. The highest BCUT2D eigenvalue weighted by atomic mass is 16.5. The van der Waals surface area contributed by atoms with E-state index in [1.165, 1.54) is 0 Å². The Balaban J connectivity index is 2.17. The Hall–Kier alpha value is -2.00. The molecule has 92 valence electrons. The zero-order chi connectivity index (χ0) is 12.7. The fourth-order valence-corrected chi connectivity index (χ4v) is 2.45. The maximum absolute atomic E-state index is 10.4. The van der Waals surface area contributed by atoms with Crippen molar-refractivity contribution in [1.29, 1.82) is 0 Å². The van der Waals surface area contributed by atoms with Crippen LogP contribution in [-0.4, -0.2) is 19.3 Å². The lowest BCUT2D eigenvalue weighted by molar-refractivity contribution is 0.224.